The van der Waals surface area contributed by atoms with Crippen molar-refractivity contribution in [2.24, 2.45) is 0 Å². The summed E-state index contributed by atoms with van der Waals surface area (Å²) in [5.74, 6) is -0.969. The molecule has 2 fully saturated rings. The van der Waals surface area contributed by atoms with Gasteiger partial charge in [-0.2, -0.15) is 0 Å². The van der Waals surface area contributed by atoms with Gasteiger partial charge in [-0.3, -0.25) is 0 Å². The number of hydrogen-bond donors (Lipinski definition) is 1. The molecular weight excluding hydrogens is 192 g/mol. The molecule has 2 rings (SSSR count). The van der Waals surface area contributed by atoms with E-state index in [0.717, 1.165) is 25.7 Å². The smallest absolute Gasteiger partial charge is 0.202 e. The van der Waals surface area contributed by atoms with Crippen molar-refractivity contribution >= 4 is 0 Å². The van der Waals surface area contributed by atoms with Crippen LogP contribution in [0.25, 0.3) is 0 Å². The molecule has 88 valence electrons. The van der Waals surface area contributed by atoms with Gasteiger partial charge in [0.15, 0.2) is 0 Å². The zero-order valence-electron chi connectivity index (χ0n) is 9.63. The molecule has 15 heavy (non-hydrogen) atoms. The maximum Gasteiger partial charge on any atom is 0.202 e. The molecular formula is C12H22O3. The van der Waals surface area contributed by atoms with Crippen molar-refractivity contribution < 1.29 is 14.9 Å². The first-order chi connectivity index (χ1) is 7.18. The molecule has 3 nitrogen and oxygen atoms in total. The fourth-order valence-electron chi connectivity index (χ4n) is 2.80. The summed E-state index contributed by atoms with van der Waals surface area (Å²) in [5.41, 5.74) is -0.166. The molecule has 0 spiro atoms. The second-order valence-corrected chi connectivity index (χ2v) is 5.14. The highest BCUT2D eigenvalue weighted by molar-refractivity contribution is 4.94. The van der Waals surface area contributed by atoms with Gasteiger partial charge in [0, 0.05) is 12.8 Å². The number of unbranched alkanes of at least 4 members (excludes halogenated alkanes) is 3. The van der Waals surface area contributed by atoms with Crippen LogP contribution in [-0.4, -0.2) is 16.5 Å². The van der Waals surface area contributed by atoms with Crippen LogP contribution in [0.15, 0.2) is 0 Å². The molecule has 2 unspecified atom stereocenters. The Kier molecular flexibility index (Phi) is 3.33. The minimum Gasteiger partial charge on any atom is -0.363 e. The minimum absolute atomic E-state index is 0.166. The van der Waals surface area contributed by atoms with Crippen molar-refractivity contribution in [2.45, 2.75) is 76.1 Å². The molecule has 2 aliphatic rings. The van der Waals surface area contributed by atoms with E-state index >= 15 is 0 Å². The maximum absolute atomic E-state index is 9.94. The predicted molar refractivity (Wildman–Crippen MR) is 57.1 cm³/mol. The first-order valence-corrected chi connectivity index (χ1v) is 6.27. The quantitative estimate of drug-likeness (QED) is 0.565. The van der Waals surface area contributed by atoms with Gasteiger partial charge >= 0.3 is 0 Å². The van der Waals surface area contributed by atoms with Crippen molar-refractivity contribution in [2.75, 3.05) is 0 Å². The molecule has 1 saturated carbocycles. The lowest BCUT2D eigenvalue weighted by molar-refractivity contribution is -0.387. The average molecular weight is 214 g/mol. The Morgan fingerprint density at radius 3 is 2.80 bits per heavy atom. The lowest BCUT2D eigenvalue weighted by Gasteiger charge is -2.30. The number of fused-ring (bicyclic) bond motifs is 2. The number of aliphatic hydroxyl groups is 1. The lowest BCUT2D eigenvalue weighted by atomic mass is 9.79. The topological polar surface area (TPSA) is 38.7 Å². The number of hydrogen-bond acceptors (Lipinski definition) is 3. The summed E-state index contributed by atoms with van der Waals surface area (Å²) < 4.78 is 0. The van der Waals surface area contributed by atoms with E-state index in [1.807, 2.05) is 0 Å². The SMILES string of the molecule is CCCCCCC12CCCC(O)(C1)OO2. The van der Waals surface area contributed by atoms with Gasteiger partial charge in [-0.15, -0.1) is 0 Å². The predicted octanol–water partition coefficient (Wildman–Crippen LogP) is 2.92. The van der Waals surface area contributed by atoms with Crippen molar-refractivity contribution in [1.82, 2.24) is 0 Å². The van der Waals surface area contributed by atoms with Crippen LogP contribution in [0.3, 0.4) is 0 Å². The molecule has 0 amide bonds. The highest BCUT2D eigenvalue weighted by atomic mass is 17.2. The van der Waals surface area contributed by atoms with Gasteiger partial charge in [0.05, 0.1) is 0 Å². The van der Waals surface area contributed by atoms with Gasteiger partial charge in [0.25, 0.3) is 0 Å². The molecule has 2 bridgehead atoms. The second-order valence-electron chi connectivity index (χ2n) is 5.14. The normalized spacial score (nSPS) is 39.6. The Labute approximate surface area is 91.7 Å². The molecule has 0 radical (unpaired) electrons. The van der Waals surface area contributed by atoms with Crippen molar-refractivity contribution in [3.05, 3.63) is 0 Å². The summed E-state index contributed by atoms with van der Waals surface area (Å²) in [4.78, 5) is 10.5. The van der Waals surface area contributed by atoms with Gasteiger partial charge in [0.2, 0.25) is 5.79 Å². The fourth-order valence-corrected chi connectivity index (χ4v) is 2.80. The van der Waals surface area contributed by atoms with E-state index in [0.29, 0.717) is 6.42 Å². The standard InChI is InChI=1S/C12H22O3/c1-2-3-4-5-7-11-8-6-9-12(13,10-11)15-14-11/h13H,2-10H2,1H3. The highest BCUT2D eigenvalue weighted by Crippen LogP contribution is 2.47. The summed E-state index contributed by atoms with van der Waals surface area (Å²) in [6.45, 7) is 2.22. The van der Waals surface area contributed by atoms with E-state index in [1.165, 1.54) is 25.7 Å². The number of rotatable bonds is 5. The van der Waals surface area contributed by atoms with E-state index in [1.54, 1.807) is 0 Å². The minimum atomic E-state index is -0.969. The van der Waals surface area contributed by atoms with Crippen molar-refractivity contribution in [3.8, 4) is 0 Å². The van der Waals surface area contributed by atoms with Crippen LogP contribution in [0.2, 0.25) is 0 Å². The summed E-state index contributed by atoms with van der Waals surface area (Å²) in [6, 6.07) is 0. The average Bonchev–Trinajstić information content (AvgIpc) is 2.45. The molecule has 2 atom stereocenters. The van der Waals surface area contributed by atoms with Gasteiger partial charge in [-0.1, -0.05) is 32.6 Å². The molecule has 1 heterocycles. The molecule has 1 aliphatic heterocycles. The Morgan fingerprint density at radius 1 is 1.13 bits per heavy atom. The third kappa shape index (κ3) is 2.52. The van der Waals surface area contributed by atoms with E-state index in [2.05, 4.69) is 6.92 Å². The molecule has 3 heteroatoms. The van der Waals surface area contributed by atoms with E-state index in [-0.39, 0.29) is 5.60 Å². The van der Waals surface area contributed by atoms with Crippen LogP contribution >= 0.6 is 0 Å². The van der Waals surface area contributed by atoms with Crippen LogP contribution in [-0.2, 0) is 9.78 Å². The fraction of sp³-hybridized carbons (Fsp3) is 1.00. The van der Waals surface area contributed by atoms with Crippen LogP contribution in [0.1, 0.15) is 64.7 Å². The lowest BCUT2D eigenvalue weighted by Crippen LogP contribution is -2.37. The van der Waals surface area contributed by atoms with Crippen molar-refractivity contribution in [3.63, 3.8) is 0 Å². The Morgan fingerprint density at radius 2 is 2.00 bits per heavy atom. The third-order valence-corrected chi connectivity index (χ3v) is 3.66. The largest absolute Gasteiger partial charge is 0.363 e. The van der Waals surface area contributed by atoms with Crippen LogP contribution in [0.4, 0.5) is 0 Å². The molecule has 1 N–H and O–H groups in total. The summed E-state index contributed by atoms with van der Waals surface area (Å²) in [5, 5.41) is 9.94. The maximum atomic E-state index is 9.94. The Bertz CT molecular complexity index is 219. The molecule has 1 aliphatic carbocycles. The molecule has 0 aromatic carbocycles. The van der Waals surface area contributed by atoms with Crippen LogP contribution in [0, 0.1) is 0 Å². The zero-order valence-corrected chi connectivity index (χ0v) is 9.63. The highest BCUT2D eigenvalue weighted by Gasteiger charge is 2.53. The summed E-state index contributed by atoms with van der Waals surface area (Å²) in [6.07, 6.45) is 9.50. The van der Waals surface area contributed by atoms with Crippen LogP contribution in [0.5, 0.6) is 0 Å². The molecule has 0 aromatic heterocycles. The molecule has 1 saturated heterocycles. The first kappa shape index (κ1) is 11.4. The zero-order chi connectivity index (χ0) is 10.8. The Balaban J connectivity index is 1.80. The van der Waals surface area contributed by atoms with E-state index in [9.17, 15) is 5.11 Å². The second kappa shape index (κ2) is 4.40. The Hall–Kier alpha value is -0.120. The summed E-state index contributed by atoms with van der Waals surface area (Å²) in [7, 11) is 0. The van der Waals surface area contributed by atoms with Crippen molar-refractivity contribution in [1.29, 1.82) is 0 Å². The van der Waals surface area contributed by atoms with Gasteiger partial charge in [-0.05, 0) is 19.3 Å². The van der Waals surface area contributed by atoms with E-state index < -0.39 is 5.79 Å². The van der Waals surface area contributed by atoms with E-state index in [4.69, 9.17) is 9.78 Å². The van der Waals surface area contributed by atoms with Crippen LogP contribution < -0.4 is 0 Å². The summed E-state index contributed by atoms with van der Waals surface area (Å²) >= 11 is 0. The van der Waals surface area contributed by atoms with Gasteiger partial charge < -0.3 is 5.11 Å². The monoisotopic (exact) mass is 214 g/mol. The molecule has 0 aromatic rings. The first-order valence-electron chi connectivity index (χ1n) is 6.27. The van der Waals surface area contributed by atoms with Gasteiger partial charge in [-0.25, -0.2) is 9.78 Å². The third-order valence-electron chi connectivity index (χ3n) is 3.66. The van der Waals surface area contributed by atoms with Gasteiger partial charge in [0.1, 0.15) is 5.60 Å².